The predicted octanol–water partition coefficient (Wildman–Crippen LogP) is 4.85. The van der Waals surface area contributed by atoms with Crippen LogP contribution in [0.3, 0.4) is 0 Å². The summed E-state index contributed by atoms with van der Waals surface area (Å²) in [5, 5.41) is 0. The average Bonchev–Trinajstić information content (AvgIpc) is 1.94. The summed E-state index contributed by atoms with van der Waals surface area (Å²) in [6.45, 7) is 7.09. The molecule has 0 aliphatic heterocycles. The summed E-state index contributed by atoms with van der Waals surface area (Å²) in [4.78, 5) is 0. The van der Waals surface area contributed by atoms with Gasteiger partial charge in [-0.05, 0) is 13.3 Å². The van der Waals surface area contributed by atoms with Crippen molar-refractivity contribution in [3.05, 3.63) is 0 Å². The molecule has 0 rings (SSSR count). The fourth-order valence-corrected chi connectivity index (χ4v) is 1.01. The van der Waals surface area contributed by atoms with Gasteiger partial charge in [0.25, 0.3) is 0 Å². The molecule has 110 valence electrons. The van der Waals surface area contributed by atoms with Gasteiger partial charge in [0, 0.05) is 6.61 Å². The maximum atomic E-state index is 9.87. The zero-order valence-corrected chi connectivity index (χ0v) is 11.3. The van der Waals surface area contributed by atoms with Crippen LogP contribution in [0.4, 0.5) is 25.2 Å². The topological polar surface area (TPSA) is 9.23 Å². The molecule has 0 atom stereocenters. The monoisotopic (exact) mass is 291 g/mol. The van der Waals surface area contributed by atoms with E-state index in [1.165, 1.54) is 13.0 Å². The minimum absolute atomic E-state index is 0.825. The summed E-state index contributed by atoms with van der Waals surface area (Å²) < 4.78 is 65.5. The number of rotatable bonds is 5. The fourth-order valence-electron chi connectivity index (χ4n) is 1.01. The summed E-state index contributed by atoms with van der Waals surface area (Å²) in [5.41, 5.74) is 0. The van der Waals surface area contributed by atoms with Crippen LogP contribution in [-0.4, -0.2) is 38.5 Å². The molecule has 0 fully saturated rings. The van der Waals surface area contributed by atoms with Crippen LogP contribution in [0.1, 0.15) is 20.3 Å². The minimum atomic E-state index is -10.7. The van der Waals surface area contributed by atoms with Crippen LogP contribution in [-0.2, 0) is 4.74 Å². The fraction of sp³-hybridized carbons (Fsp3) is 1.00. The van der Waals surface area contributed by atoms with Gasteiger partial charge in [-0.2, -0.15) is 0 Å². The molecule has 0 unspecified atom stereocenters. The molecule has 0 heterocycles. The maximum absolute atomic E-state index is 10.7. The van der Waals surface area contributed by atoms with Gasteiger partial charge in [0.1, 0.15) is 0 Å². The number of ether oxygens (including phenoxy) is 1. The van der Waals surface area contributed by atoms with Crippen molar-refractivity contribution in [2.45, 2.75) is 20.3 Å². The van der Waals surface area contributed by atoms with Crippen molar-refractivity contribution in [3.8, 4) is 0 Å². The van der Waals surface area contributed by atoms with Crippen LogP contribution < -0.4 is 0 Å². The molecule has 0 saturated carbocycles. The Labute approximate surface area is 97.4 Å². The van der Waals surface area contributed by atoms with Crippen molar-refractivity contribution >= 4 is 7.81 Å². The van der Waals surface area contributed by atoms with E-state index in [4.69, 9.17) is 4.74 Å². The summed E-state index contributed by atoms with van der Waals surface area (Å²) in [6, 6.07) is 0. The molecule has 0 radical (unpaired) electrons. The number of nitrogens with zero attached hydrogens (tertiary/aromatic N) is 1. The number of halogens is 6. The first-order valence-corrected chi connectivity index (χ1v) is 7.06. The molecule has 0 aliphatic carbocycles. The standard InChI is InChI=1S/C8H20NO.F6P/c1-5-7-9(3,4)8-10-6-2;1-7(2,3,4,5)6/h5-8H2,1-4H3;/q+1;-1. The Balaban J connectivity index is 0. The van der Waals surface area contributed by atoms with Crippen molar-refractivity contribution in [3.63, 3.8) is 0 Å². The van der Waals surface area contributed by atoms with E-state index >= 15 is 0 Å². The molecule has 2 nitrogen and oxygen atoms in total. The van der Waals surface area contributed by atoms with E-state index < -0.39 is 7.81 Å². The van der Waals surface area contributed by atoms with Crippen LogP contribution in [0.5, 0.6) is 0 Å². The molecule has 0 spiro atoms. The van der Waals surface area contributed by atoms with Gasteiger partial charge >= 0.3 is 33.0 Å². The third kappa shape index (κ3) is 38.8. The second-order valence-corrected chi connectivity index (χ2v) is 6.16. The Bertz CT molecular complexity index is 212. The molecular formula is C8H20F6NOP. The van der Waals surface area contributed by atoms with Crippen molar-refractivity contribution in [2.75, 3.05) is 34.0 Å². The molecule has 0 aromatic rings. The average molecular weight is 291 g/mol. The SMILES string of the molecule is CCC[N+](C)(C)COCC.F[P-](F)(F)(F)(F)F. The summed E-state index contributed by atoms with van der Waals surface area (Å²) in [5.74, 6) is 0. The van der Waals surface area contributed by atoms with Crippen molar-refractivity contribution in [1.82, 2.24) is 0 Å². The Kier molecular flexibility index (Phi) is 5.99. The molecule has 9 heteroatoms. The third-order valence-corrected chi connectivity index (χ3v) is 1.47. The first-order valence-electron chi connectivity index (χ1n) is 5.03. The van der Waals surface area contributed by atoms with Crippen molar-refractivity contribution in [2.24, 2.45) is 0 Å². The van der Waals surface area contributed by atoms with Gasteiger partial charge in [0.05, 0.1) is 20.6 Å². The molecular weight excluding hydrogens is 271 g/mol. The zero-order valence-electron chi connectivity index (χ0n) is 10.4. The van der Waals surface area contributed by atoms with Gasteiger partial charge in [-0.15, -0.1) is 0 Å². The van der Waals surface area contributed by atoms with Crippen molar-refractivity contribution in [1.29, 1.82) is 0 Å². The normalized spacial score (nSPS) is 16.6. The second-order valence-electron chi connectivity index (χ2n) is 4.24. The van der Waals surface area contributed by atoms with E-state index in [1.54, 1.807) is 0 Å². The number of hydrogen-bond donors (Lipinski definition) is 0. The van der Waals surface area contributed by atoms with Gasteiger partial charge in [0.2, 0.25) is 0 Å². The van der Waals surface area contributed by atoms with Gasteiger partial charge in [-0.1, -0.05) is 6.92 Å². The molecule has 0 bridgehead atoms. The van der Waals surface area contributed by atoms with E-state index in [2.05, 4.69) is 21.0 Å². The molecule has 0 N–H and O–H groups in total. The van der Waals surface area contributed by atoms with Crippen LogP contribution in [0.15, 0.2) is 0 Å². The summed E-state index contributed by atoms with van der Waals surface area (Å²) in [6.07, 6.45) is 1.22. The number of quaternary nitrogens is 1. The van der Waals surface area contributed by atoms with Gasteiger partial charge < -0.3 is 9.22 Å². The van der Waals surface area contributed by atoms with Gasteiger partial charge in [-0.25, -0.2) is 0 Å². The van der Waals surface area contributed by atoms with Crippen LogP contribution in [0, 0.1) is 0 Å². The van der Waals surface area contributed by atoms with E-state index in [0.29, 0.717) is 0 Å². The van der Waals surface area contributed by atoms with Gasteiger partial charge in [-0.3, -0.25) is 0 Å². The predicted molar refractivity (Wildman–Crippen MR) is 57.3 cm³/mol. The second kappa shape index (κ2) is 5.28. The molecule has 17 heavy (non-hydrogen) atoms. The molecule has 0 saturated heterocycles. The van der Waals surface area contributed by atoms with Crippen molar-refractivity contribution < 1.29 is 34.4 Å². The summed E-state index contributed by atoms with van der Waals surface area (Å²) >= 11 is 0. The van der Waals surface area contributed by atoms with Crippen LogP contribution >= 0.6 is 7.81 Å². The zero-order chi connectivity index (χ0) is 14.4. The Morgan fingerprint density at radius 1 is 0.941 bits per heavy atom. The van der Waals surface area contributed by atoms with Gasteiger partial charge in [0.15, 0.2) is 6.73 Å². The Hall–Kier alpha value is -0.0700. The Morgan fingerprint density at radius 2 is 1.29 bits per heavy atom. The van der Waals surface area contributed by atoms with E-state index in [-0.39, 0.29) is 0 Å². The Morgan fingerprint density at radius 3 is 1.53 bits per heavy atom. The number of hydrogen-bond acceptors (Lipinski definition) is 1. The van der Waals surface area contributed by atoms with Crippen LogP contribution in [0.2, 0.25) is 0 Å². The molecule has 0 aliphatic rings. The van der Waals surface area contributed by atoms with E-state index in [1.807, 2.05) is 6.92 Å². The molecule has 0 aromatic heterocycles. The van der Waals surface area contributed by atoms with E-state index in [0.717, 1.165) is 17.8 Å². The van der Waals surface area contributed by atoms with E-state index in [9.17, 15) is 25.2 Å². The first-order chi connectivity index (χ1) is 7.07. The quantitative estimate of drug-likeness (QED) is 0.304. The first kappa shape index (κ1) is 19.3. The molecule has 0 aromatic carbocycles. The van der Waals surface area contributed by atoms with Crippen LogP contribution in [0.25, 0.3) is 0 Å². The summed E-state index contributed by atoms with van der Waals surface area (Å²) in [7, 11) is -6.27. The third-order valence-electron chi connectivity index (χ3n) is 1.47. The molecule has 0 amide bonds.